The highest BCUT2D eigenvalue weighted by molar-refractivity contribution is 9.09. The third kappa shape index (κ3) is 1.99. The normalized spacial score (nSPS) is 45.6. The number of rotatable bonds is 2. The van der Waals surface area contributed by atoms with E-state index in [1.54, 1.807) is 0 Å². The molecule has 96 valence electrons. The van der Waals surface area contributed by atoms with Crippen LogP contribution in [0.5, 0.6) is 0 Å². The molecule has 16 heavy (non-hydrogen) atoms. The van der Waals surface area contributed by atoms with E-state index in [1.807, 2.05) is 0 Å². The summed E-state index contributed by atoms with van der Waals surface area (Å²) in [5, 5.41) is 35.6. The number of halogens is 1. The minimum atomic E-state index is -5.00. The molecule has 0 bridgehead atoms. The molecule has 0 aromatic carbocycles. The van der Waals surface area contributed by atoms with Gasteiger partial charge in [-0.25, -0.2) is 0 Å². The van der Waals surface area contributed by atoms with Gasteiger partial charge in [-0.15, -0.1) is 0 Å². The predicted octanol–water partition coefficient (Wildman–Crippen LogP) is -2.60. The van der Waals surface area contributed by atoms with E-state index in [4.69, 9.17) is 9.66 Å². The third-order valence-electron chi connectivity index (χ3n) is 2.36. The van der Waals surface area contributed by atoms with Gasteiger partial charge in [-0.2, -0.15) is 8.42 Å². The summed E-state index contributed by atoms with van der Waals surface area (Å²) in [7, 11) is -5.00. The zero-order chi connectivity index (χ0) is 12.7. The highest BCUT2D eigenvalue weighted by Gasteiger charge is 2.60. The summed E-state index contributed by atoms with van der Waals surface area (Å²) in [5.41, 5.74) is 0. The first-order valence-electron chi connectivity index (χ1n) is 4.11. The van der Waals surface area contributed by atoms with Crippen molar-refractivity contribution < 1.29 is 38.1 Å². The zero-order valence-electron chi connectivity index (χ0n) is 7.76. The van der Waals surface area contributed by atoms with E-state index in [0.717, 1.165) is 0 Å². The summed E-state index contributed by atoms with van der Waals surface area (Å²) in [5.74, 6) is 0. The Labute approximate surface area is 99.3 Å². The zero-order valence-corrected chi connectivity index (χ0v) is 10.2. The molecule has 1 aliphatic rings. The Balaban J connectivity index is 3.22. The maximum atomic E-state index is 11.0. The second kappa shape index (κ2) is 4.46. The van der Waals surface area contributed by atoms with Gasteiger partial charge < -0.3 is 25.2 Å². The first-order valence-corrected chi connectivity index (χ1v) is 6.47. The van der Waals surface area contributed by atoms with Crippen molar-refractivity contribution in [3.63, 3.8) is 0 Å². The fourth-order valence-corrected chi connectivity index (χ4v) is 2.96. The molecule has 0 saturated carbocycles. The van der Waals surface area contributed by atoms with Crippen LogP contribution in [0.2, 0.25) is 0 Å². The SMILES string of the molecule is O=S(=O)(O)[C@]1(CO)O[C@@H](Br)[C@H](O)[C@@H](O)[C@@H]1O. The molecule has 0 unspecified atom stereocenters. The van der Waals surface area contributed by atoms with Gasteiger partial charge in [0, 0.05) is 0 Å². The molecule has 0 radical (unpaired) electrons. The first-order chi connectivity index (χ1) is 7.17. The Morgan fingerprint density at radius 3 is 2.12 bits per heavy atom. The summed E-state index contributed by atoms with van der Waals surface area (Å²) in [4.78, 5) is -2.78. The van der Waals surface area contributed by atoms with Crippen LogP contribution in [0.25, 0.3) is 0 Å². The smallest absolute Gasteiger partial charge is 0.300 e. The van der Waals surface area contributed by atoms with Crippen LogP contribution < -0.4 is 0 Å². The Morgan fingerprint density at radius 2 is 1.75 bits per heavy atom. The van der Waals surface area contributed by atoms with Crippen LogP contribution in [0.1, 0.15) is 0 Å². The van der Waals surface area contributed by atoms with Crippen LogP contribution in [0.4, 0.5) is 0 Å². The van der Waals surface area contributed by atoms with Crippen molar-refractivity contribution in [2.24, 2.45) is 0 Å². The molecule has 0 spiro atoms. The number of hydrogen-bond acceptors (Lipinski definition) is 7. The molecule has 5 N–H and O–H groups in total. The Kier molecular flexibility index (Phi) is 3.97. The molecule has 1 rings (SSSR count). The minimum absolute atomic E-state index is 1.28. The van der Waals surface area contributed by atoms with E-state index in [1.165, 1.54) is 0 Å². The van der Waals surface area contributed by atoms with Crippen LogP contribution in [0.3, 0.4) is 0 Å². The van der Waals surface area contributed by atoms with Gasteiger partial charge in [0.15, 0.2) is 0 Å². The number of aliphatic hydroxyl groups is 4. The van der Waals surface area contributed by atoms with Crippen molar-refractivity contribution >= 4 is 26.0 Å². The molecule has 0 amide bonds. The molecule has 8 nitrogen and oxygen atoms in total. The molecule has 0 aromatic heterocycles. The van der Waals surface area contributed by atoms with Crippen molar-refractivity contribution in [3.8, 4) is 0 Å². The molecule has 1 heterocycles. The van der Waals surface area contributed by atoms with Crippen molar-refractivity contribution in [1.29, 1.82) is 0 Å². The van der Waals surface area contributed by atoms with Gasteiger partial charge in [0.1, 0.15) is 23.3 Å². The lowest BCUT2D eigenvalue weighted by molar-refractivity contribution is -0.223. The van der Waals surface area contributed by atoms with E-state index in [2.05, 4.69) is 20.7 Å². The van der Waals surface area contributed by atoms with Gasteiger partial charge in [0.25, 0.3) is 10.1 Å². The fourth-order valence-electron chi connectivity index (χ4n) is 1.36. The summed E-state index contributed by atoms with van der Waals surface area (Å²) in [6.07, 6.45) is -5.68. The monoisotopic (exact) mass is 322 g/mol. The van der Waals surface area contributed by atoms with E-state index in [9.17, 15) is 23.7 Å². The summed E-state index contributed by atoms with van der Waals surface area (Å²) in [6.45, 7) is -1.28. The van der Waals surface area contributed by atoms with Crippen LogP contribution in [0, 0.1) is 0 Å². The van der Waals surface area contributed by atoms with E-state index < -0.39 is 45.0 Å². The topological polar surface area (TPSA) is 145 Å². The van der Waals surface area contributed by atoms with Crippen molar-refractivity contribution in [1.82, 2.24) is 0 Å². The number of ether oxygens (including phenoxy) is 1. The average Bonchev–Trinajstić information content (AvgIpc) is 2.18. The molecular formula is C6H11BrO8S. The van der Waals surface area contributed by atoms with Crippen LogP contribution in [0.15, 0.2) is 0 Å². The van der Waals surface area contributed by atoms with E-state index >= 15 is 0 Å². The van der Waals surface area contributed by atoms with Crippen molar-refractivity contribution in [2.75, 3.05) is 6.61 Å². The van der Waals surface area contributed by atoms with Gasteiger partial charge in [-0.1, -0.05) is 15.9 Å². The highest BCUT2D eigenvalue weighted by atomic mass is 79.9. The Morgan fingerprint density at radius 1 is 1.25 bits per heavy atom. The standard InChI is InChI=1S/C6H11BrO8S/c7-5-3(10)2(9)4(11)6(1-8,15-5)16(12,13)14/h2-5,8-11H,1H2,(H,12,13,14)/t2-,3-,4+,5-,6+/m1/s1. The van der Waals surface area contributed by atoms with Crippen LogP contribution in [-0.4, -0.2) is 68.3 Å². The molecule has 1 fully saturated rings. The van der Waals surface area contributed by atoms with Crippen molar-refractivity contribution in [2.45, 2.75) is 28.3 Å². The molecule has 1 saturated heterocycles. The lowest BCUT2D eigenvalue weighted by Gasteiger charge is -2.44. The molecule has 1 aliphatic heterocycles. The minimum Gasteiger partial charge on any atom is -0.392 e. The summed E-state index contributed by atoms with van der Waals surface area (Å²) in [6, 6.07) is 0. The second-order valence-corrected chi connectivity index (χ2v) is 5.88. The fraction of sp³-hybridized carbons (Fsp3) is 1.00. The highest BCUT2D eigenvalue weighted by Crippen LogP contribution is 2.35. The predicted molar refractivity (Wildman–Crippen MR) is 53.2 cm³/mol. The average molecular weight is 323 g/mol. The molecule has 10 heteroatoms. The Hall–Kier alpha value is 0.190. The van der Waals surface area contributed by atoms with Gasteiger partial charge in [0.05, 0.1) is 6.61 Å². The number of alkyl halides is 1. The van der Waals surface area contributed by atoms with Crippen molar-refractivity contribution in [3.05, 3.63) is 0 Å². The van der Waals surface area contributed by atoms with Crippen LogP contribution in [-0.2, 0) is 14.9 Å². The molecule has 0 aliphatic carbocycles. The van der Waals surface area contributed by atoms with Gasteiger partial charge in [0.2, 0.25) is 4.93 Å². The second-order valence-electron chi connectivity index (χ2n) is 3.34. The maximum absolute atomic E-state index is 11.0. The Bertz CT molecular complexity index is 358. The van der Waals surface area contributed by atoms with Gasteiger partial charge in [-0.05, 0) is 0 Å². The lowest BCUT2D eigenvalue weighted by atomic mass is 10.00. The summed E-state index contributed by atoms with van der Waals surface area (Å²) >= 11 is 2.70. The lowest BCUT2D eigenvalue weighted by Crippen LogP contribution is -2.67. The van der Waals surface area contributed by atoms with Crippen LogP contribution >= 0.6 is 15.9 Å². The van der Waals surface area contributed by atoms with Gasteiger partial charge >= 0.3 is 0 Å². The van der Waals surface area contributed by atoms with Gasteiger partial charge in [-0.3, -0.25) is 4.55 Å². The maximum Gasteiger partial charge on any atom is 0.300 e. The summed E-state index contributed by atoms with van der Waals surface area (Å²) < 4.78 is 35.6. The number of aliphatic hydroxyl groups excluding tert-OH is 4. The third-order valence-corrected chi connectivity index (χ3v) is 4.43. The largest absolute Gasteiger partial charge is 0.392 e. The quantitative estimate of drug-likeness (QED) is 0.275. The van der Waals surface area contributed by atoms with E-state index in [0.29, 0.717) is 0 Å². The van der Waals surface area contributed by atoms with E-state index in [-0.39, 0.29) is 0 Å². The first kappa shape index (κ1) is 14.3. The molecular weight excluding hydrogens is 312 g/mol. The molecule has 0 aromatic rings. The number of hydrogen-bond donors (Lipinski definition) is 5. The molecule has 5 atom stereocenters.